The molecule has 0 atom stereocenters. The molecule has 7 heteroatoms. The van der Waals surface area contributed by atoms with E-state index in [0.29, 0.717) is 5.69 Å². The van der Waals surface area contributed by atoms with Crippen LogP contribution in [0.4, 0.5) is 13.2 Å². The Balaban J connectivity index is 2.75. The Morgan fingerprint density at radius 2 is 2.06 bits per heavy atom. The molecule has 0 radical (unpaired) electrons. The van der Waals surface area contributed by atoms with Gasteiger partial charge in [0.1, 0.15) is 11.3 Å². The molecule has 0 spiro atoms. The molecule has 2 heterocycles. The van der Waals surface area contributed by atoms with Gasteiger partial charge in [-0.15, -0.1) is 0 Å². The van der Waals surface area contributed by atoms with Crippen molar-refractivity contribution in [3.05, 3.63) is 35.3 Å². The predicted octanol–water partition coefficient (Wildman–Crippen LogP) is 1.76. The van der Waals surface area contributed by atoms with Crippen molar-refractivity contribution in [3.8, 4) is 0 Å². The number of halogens is 3. The molecule has 2 aromatic heterocycles. The van der Waals surface area contributed by atoms with Crippen molar-refractivity contribution in [1.82, 2.24) is 9.38 Å². The minimum absolute atomic E-state index is 0.0360. The predicted molar refractivity (Wildman–Crippen MR) is 53.4 cm³/mol. The molecule has 0 bridgehead atoms. The number of rotatable bonds is 1. The van der Waals surface area contributed by atoms with E-state index in [1.165, 1.54) is 13.0 Å². The van der Waals surface area contributed by atoms with E-state index >= 15 is 0 Å². The highest BCUT2D eigenvalue weighted by Crippen LogP contribution is 2.29. The maximum atomic E-state index is 12.5. The lowest BCUT2D eigenvalue weighted by molar-refractivity contribution is -0.137. The summed E-state index contributed by atoms with van der Waals surface area (Å²) in [6.07, 6.45) is -3.66. The summed E-state index contributed by atoms with van der Waals surface area (Å²) in [5.74, 6) is -0.811. The van der Waals surface area contributed by atoms with Gasteiger partial charge in [-0.1, -0.05) is 0 Å². The van der Waals surface area contributed by atoms with Crippen molar-refractivity contribution in [1.29, 1.82) is 0 Å². The lowest BCUT2D eigenvalue weighted by Crippen LogP contribution is -2.16. The molecule has 0 aromatic carbocycles. The Bertz CT molecular complexity index is 601. The van der Waals surface area contributed by atoms with Crippen molar-refractivity contribution in [2.45, 2.75) is 13.1 Å². The van der Waals surface area contributed by atoms with Crippen LogP contribution in [0.5, 0.6) is 0 Å². The second kappa shape index (κ2) is 3.47. The summed E-state index contributed by atoms with van der Waals surface area (Å²) in [5.41, 5.74) is 4.77. The van der Waals surface area contributed by atoms with E-state index in [1.807, 2.05) is 0 Å². The molecule has 2 rings (SSSR count). The average molecular weight is 243 g/mol. The van der Waals surface area contributed by atoms with Crippen LogP contribution in [0.25, 0.3) is 5.65 Å². The second-order valence-electron chi connectivity index (χ2n) is 3.55. The number of nitrogens with two attached hydrogens (primary N) is 1. The molecule has 0 fully saturated rings. The van der Waals surface area contributed by atoms with E-state index in [0.717, 1.165) is 16.7 Å². The molecule has 1 amide bonds. The highest BCUT2D eigenvalue weighted by molar-refractivity contribution is 5.93. The highest BCUT2D eigenvalue weighted by atomic mass is 19.4. The zero-order chi connectivity index (χ0) is 12.8. The molecule has 0 aliphatic heterocycles. The molecule has 0 aliphatic carbocycles. The molecule has 17 heavy (non-hydrogen) atoms. The Hall–Kier alpha value is -2.05. The van der Waals surface area contributed by atoms with E-state index in [2.05, 4.69) is 4.98 Å². The number of carbonyl (C=O) groups is 1. The molecule has 90 valence electrons. The van der Waals surface area contributed by atoms with E-state index < -0.39 is 17.6 Å². The van der Waals surface area contributed by atoms with Crippen molar-refractivity contribution in [2.24, 2.45) is 5.73 Å². The monoisotopic (exact) mass is 243 g/mol. The van der Waals surface area contributed by atoms with Gasteiger partial charge in [0.15, 0.2) is 0 Å². The van der Waals surface area contributed by atoms with Gasteiger partial charge in [0, 0.05) is 6.20 Å². The number of nitrogens with zero attached hydrogens (tertiary/aromatic N) is 2. The van der Waals surface area contributed by atoms with Crippen LogP contribution in [0.2, 0.25) is 0 Å². The molecular weight excluding hydrogens is 235 g/mol. The minimum atomic E-state index is -4.47. The second-order valence-corrected chi connectivity index (χ2v) is 3.55. The first-order valence-corrected chi connectivity index (χ1v) is 4.66. The van der Waals surface area contributed by atoms with Crippen LogP contribution >= 0.6 is 0 Å². The average Bonchev–Trinajstić information content (AvgIpc) is 2.50. The maximum Gasteiger partial charge on any atom is 0.417 e. The number of hydrogen-bond acceptors (Lipinski definition) is 2. The number of primary amides is 1. The van der Waals surface area contributed by atoms with Gasteiger partial charge in [0.05, 0.1) is 11.3 Å². The molecule has 0 aliphatic rings. The van der Waals surface area contributed by atoms with Crippen LogP contribution in [0.3, 0.4) is 0 Å². The molecule has 2 N–H and O–H groups in total. The number of pyridine rings is 1. The van der Waals surface area contributed by atoms with Gasteiger partial charge in [-0.25, -0.2) is 4.98 Å². The summed E-state index contributed by atoms with van der Waals surface area (Å²) in [4.78, 5) is 15.1. The molecule has 0 saturated carbocycles. The largest absolute Gasteiger partial charge is 0.417 e. The zero-order valence-corrected chi connectivity index (χ0v) is 8.75. The van der Waals surface area contributed by atoms with Gasteiger partial charge in [-0.05, 0) is 19.1 Å². The van der Waals surface area contributed by atoms with Gasteiger partial charge in [-0.3, -0.25) is 9.20 Å². The summed E-state index contributed by atoms with van der Waals surface area (Å²) in [6.45, 7) is 1.51. The van der Waals surface area contributed by atoms with Crippen LogP contribution in [0.1, 0.15) is 21.7 Å². The highest BCUT2D eigenvalue weighted by Gasteiger charge is 2.31. The third kappa shape index (κ3) is 1.83. The number of alkyl halides is 3. The minimum Gasteiger partial charge on any atom is -0.364 e. The number of imidazole rings is 1. The van der Waals surface area contributed by atoms with Gasteiger partial charge in [0.2, 0.25) is 0 Å². The van der Waals surface area contributed by atoms with Crippen molar-refractivity contribution >= 4 is 11.6 Å². The fourth-order valence-corrected chi connectivity index (χ4v) is 1.63. The molecule has 0 saturated heterocycles. The van der Waals surface area contributed by atoms with Gasteiger partial charge < -0.3 is 5.73 Å². The standard InChI is InChI=1S/C10H8F3N3O/c1-5-8(9(14)17)16-4-6(10(11,12)13)2-3-7(16)15-5/h2-4H,1H3,(H2,14,17). The lowest BCUT2D eigenvalue weighted by atomic mass is 10.2. The number of fused-ring (bicyclic) bond motifs is 1. The van der Waals surface area contributed by atoms with Gasteiger partial charge in [0.25, 0.3) is 5.91 Å². The summed E-state index contributed by atoms with van der Waals surface area (Å²) in [6, 6.07) is 2.11. The number of aryl methyl sites for hydroxylation is 1. The van der Waals surface area contributed by atoms with Crippen molar-refractivity contribution < 1.29 is 18.0 Å². The van der Waals surface area contributed by atoms with Crippen LogP contribution in [0, 0.1) is 6.92 Å². The Morgan fingerprint density at radius 3 is 2.59 bits per heavy atom. The first kappa shape index (κ1) is 11.4. The fraction of sp³-hybridized carbons (Fsp3) is 0.200. The smallest absolute Gasteiger partial charge is 0.364 e. The van der Waals surface area contributed by atoms with Crippen LogP contribution in [-0.4, -0.2) is 15.3 Å². The maximum absolute atomic E-state index is 12.5. The zero-order valence-electron chi connectivity index (χ0n) is 8.75. The molecule has 2 aromatic rings. The van der Waals surface area contributed by atoms with Crippen LogP contribution in [-0.2, 0) is 6.18 Å². The number of carbonyl (C=O) groups excluding carboxylic acids is 1. The van der Waals surface area contributed by atoms with E-state index in [9.17, 15) is 18.0 Å². The van der Waals surface area contributed by atoms with E-state index in [1.54, 1.807) is 0 Å². The fourth-order valence-electron chi connectivity index (χ4n) is 1.63. The first-order chi connectivity index (χ1) is 7.80. The van der Waals surface area contributed by atoms with E-state index in [4.69, 9.17) is 5.73 Å². The van der Waals surface area contributed by atoms with Crippen molar-refractivity contribution in [2.75, 3.05) is 0 Å². The SMILES string of the molecule is Cc1nc2ccc(C(F)(F)F)cn2c1C(N)=O. The Kier molecular flexibility index (Phi) is 2.34. The lowest BCUT2D eigenvalue weighted by Gasteiger charge is -2.07. The van der Waals surface area contributed by atoms with Crippen molar-refractivity contribution in [3.63, 3.8) is 0 Å². The summed E-state index contributed by atoms with van der Waals surface area (Å²) in [5, 5.41) is 0. The Morgan fingerprint density at radius 1 is 1.41 bits per heavy atom. The van der Waals surface area contributed by atoms with E-state index in [-0.39, 0.29) is 11.3 Å². The van der Waals surface area contributed by atoms with Crippen LogP contribution < -0.4 is 5.73 Å². The molecular formula is C10H8F3N3O. The summed E-state index contributed by atoms with van der Waals surface area (Å²) in [7, 11) is 0. The summed E-state index contributed by atoms with van der Waals surface area (Å²) < 4.78 is 38.6. The summed E-state index contributed by atoms with van der Waals surface area (Å²) >= 11 is 0. The first-order valence-electron chi connectivity index (χ1n) is 4.66. The molecule has 4 nitrogen and oxygen atoms in total. The van der Waals surface area contributed by atoms with Gasteiger partial charge >= 0.3 is 6.18 Å². The number of hydrogen-bond donors (Lipinski definition) is 1. The molecule has 0 unspecified atom stereocenters. The third-order valence-electron chi connectivity index (χ3n) is 2.35. The quantitative estimate of drug-likeness (QED) is 0.829. The number of aromatic nitrogens is 2. The number of amides is 1. The Labute approximate surface area is 93.9 Å². The van der Waals surface area contributed by atoms with Gasteiger partial charge in [-0.2, -0.15) is 13.2 Å². The van der Waals surface area contributed by atoms with Crippen LogP contribution in [0.15, 0.2) is 18.3 Å². The topological polar surface area (TPSA) is 60.4 Å². The third-order valence-corrected chi connectivity index (χ3v) is 2.35. The normalized spacial score (nSPS) is 12.0.